The number of nitrogens with two attached hydrogens (primary N) is 1. The number of hydrogen-bond donors (Lipinski definition) is 2. The summed E-state index contributed by atoms with van der Waals surface area (Å²) >= 11 is 0. The number of carbonyl (C=O) groups is 2. The molecular formula is C5H9NO3. The van der Waals surface area contributed by atoms with Crippen molar-refractivity contribution >= 4 is 11.9 Å². The molecule has 3 N–H and O–H groups in total. The van der Waals surface area contributed by atoms with Gasteiger partial charge in [0, 0.05) is 6.42 Å². The average molecular weight is 131 g/mol. The van der Waals surface area contributed by atoms with Gasteiger partial charge in [0.2, 0.25) is 5.91 Å². The van der Waals surface area contributed by atoms with Gasteiger partial charge in [0.25, 0.3) is 0 Å². The lowest BCUT2D eigenvalue weighted by atomic mass is 10.5. The van der Waals surface area contributed by atoms with Crippen LogP contribution in [0.3, 0.4) is 0 Å². The van der Waals surface area contributed by atoms with Gasteiger partial charge in [0.05, 0.1) is 6.92 Å². The minimum Gasteiger partial charge on any atom is -0.481 e. The quantitative estimate of drug-likeness (QED) is 0.508. The van der Waals surface area contributed by atoms with Crippen molar-refractivity contribution < 1.29 is 14.7 Å². The van der Waals surface area contributed by atoms with E-state index in [1.807, 2.05) is 0 Å². The van der Waals surface area contributed by atoms with Gasteiger partial charge in [-0.2, -0.15) is 0 Å². The summed E-state index contributed by atoms with van der Waals surface area (Å²) in [7, 11) is 0. The maximum absolute atomic E-state index is 9.53. The van der Waals surface area contributed by atoms with Crippen molar-refractivity contribution in [2.45, 2.75) is 6.42 Å². The van der Waals surface area contributed by atoms with E-state index in [1.165, 1.54) is 0 Å². The first-order chi connectivity index (χ1) is 4.00. The van der Waals surface area contributed by atoms with Gasteiger partial charge in [-0.3, -0.25) is 9.59 Å². The third-order valence-corrected chi connectivity index (χ3v) is 0.246. The van der Waals surface area contributed by atoms with Gasteiger partial charge in [-0.1, -0.05) is 0 Å². The molecule has 4 heteroatoms. The summed E-state index contributed by atoms with van der Waals surface area (Å²) in [5, 5.41) is 7.31. The molecule has 0 aliphatic rings. The number of carboxylic acid groups (broad SMARTS) is 1. The van der Waals surface area contributed by atoms with E-state index in [4.69, 9.17) is 9.90 Å². The Balaban J connectivity index is 0. The Hall–Kier alpha value is -1.06. The van der Waals surface area contributed by atoms with Crippen LogP contribution >= 0.6 is 0 Å². The van der Waals surface area contributed by atoms with E-state index in [0.29, 0.717) is 0 Å². The fourth-order valence-electron chi connectivity index (χ4n) is 0. The molecule has 9 heavy (non-hydrogen) atoms. The van der Waals surface area contributed by atoms with Gasteiger partial charge in [0.15, 0.2) is 0 Å². The molecule has 0 aromatic heterocycles. The Bertz CT molecular complexity index is 96.4. The lowest BCUT2D eigenvalue weighted by Gasteiger charge is -1.73. The maximum Gasteiger partial charge on any atom is 0.303 e. The summed E-state index contributed by atoms with van der Waals surface area (Å²) < 4.78 is 0. The highest BCUT2D eigenvalue weighted by Gasteiger charge is 1.77. The second kappa shape index (κ2) is 6.94. The lowest BCUT2D eigenvalue weighted by molar-refractivity contribution is -0.131. The first-order valence-corrected chi connectivity index (χ1v) is 2.13. The van der Waals surface area contributed by atoms with Crippen molar-refractivity contribution in [3.8, 4) is 0 Å². The molecule has 0 saturated carbocycles. The van der Waals surface area contributed by atoms with Gasteiger partial charge in [-0.15, -0.1) is 0 Å². The Kier molecular flexibility index (Phi) is 8.36. The maximum atomic E-state index is 9.53. The molecule has 0 heterocycles. The molecule has 2 radical (unpaired) electrons. The summed E-state index contributed by atoms with van der Waals surface area (Å²) in [4.78, 5) is 18.4. The molecule has 0 bridgehead atoms. The SMILES string of the molecule is [CH2]C(=O)O.[CH2]CC(N)=O. The van der Waals surface area contributed by atoms with Gasteiger partial charge in [0.1, 0.15) is 0 Å². The van der Waals surface area contributed by atoms with Crippen molar-refractivity contribution in [3.63, 3.8) is 0 Å². The largest absolute Gasteiger partial charge is 0.481 e. The molecular weight excluding hydrogens is 122 g/mol. The molecule has 0 rings (SSSR count). The molecule has 4 nitrogen and oxygen atoms in total. The molecule has 52 valence electrons. The number of carbonyl (C=O) groups excluding carboxylic acids is 1. The zero-order chi connectivity index (χ0) is 7.86. The monoisotopic (exact) mass is 131 g/mol. The molecule has 0 fully saturated rings. The van der Waals surface area contributed by atoms with E-state index in [0.717, 1.165) is 0 Å². The van der Waals surface area contributed by atoms with Crippen LogP contribution in [0.5, 0.6) is 0 Å². The van der Waals surface area contributed by atoms with Gasteiger partial charge >= 0.3 is 5.97 Å². The van der Waals surface area contributed by atoms with E-state index in [9.17, 15) is 4.79 Å². The summed E-state index contributed by atoms with van der Waals surface area (Å²) in [6.07, 6.45) is 0.194. The Morgan fingerprint density at radius 3 is 1.67 bits per heavy atom. The lowest BCUT2D eigenvalue weighted by Crippen LogP contribution is -2.07. The fraction of sp³-hybridized carbons (Fsp3) is 0.200. The first kappa shape index (κ1) is 10.8. The molecule has 0 aromatic carbocycles. The van der Waals surface area contributed by atoms with Crippen LogP contribution in [0.25, 0.3) is 0 Å². The number of hydrogen-bond acceptors (Lipinski definition) is 2. The van der Waals surface area contributed by atoms with Crippen LogP contribution in [0.2, 0.25) is 0 Å². The second-order valence-electron chi connectivity index (χ2n) is 1.11. The van der Waals surface area contributed by atoms with Crippen molar-refractivity contribution in [1.29, 1.82) is 0 Å². The smallest absolute Gasteiger partial charge is 0.303 e. The molecule has 0 aliphatic heterocycles. The van der Waals surface area contributed by atoms with Gasteiger partial charge in [-0.05, 0) is 6.92 Å². The molecule has 0 aromatic rings. The van der Waals surface area contributed by atoms with Crippen LogP contribution in [0.1, 0.15) is 6.42 Å². The van der Waals surface area contributed by atoms with E-state index < -0.39 is 5.97 Å². The Morgan fingerprint density at radius 1 is 1.56 bits per heavy atom. The topological polar surface area (TPSA) is 80.4 Å². The van der Waals surface area contributed by atoms with E-state index in [2.05, 4.69) is 19.6 Å². The highest BCUT2D eigenvalue weighted by molar-refractivity contribution is 5.74. The highest BCUT2D eigenvalue weighted by atomic mass is 16.4. The number of carboxylic acids is 1. The highest BCUT2D eigenvalue weighted by Crippen LogP contribution is 1.61. The van der Waals surface area contributed by atoms with Crippen molar-refractivity contribution in [2.24, 2.45) is 5.73 Å². The first-order valence-electron chi connectivity index (χ1n) is 2.13. The molecule has 1 amide bonds. The van der Waals surface area contributed by atoms with E-state index >= 15 is 0 Å². The zero-order valence-corrected chi connectivity index (χ0v) is 4.96. The van der Waals surface area contributed by atoms with Gasteiger partial charge < -0.3 is 10.8 Å². The molecule has 0 aliphatic carbocycles. The standard InChI is InChI=1S/C3H6NO.C2H3O2/c1-2-3(4)5;1-2(3)4/h1-2H2,(H2,4,5);1H2,(H,3,4). The Morgan fingerprint density at radius 2 is 1.67 bits per heavy atom. The van der Waals surface area contributed by atoms with Crippen LogP contribution in [0.15, 0.2) is 0 Å². The zero-order valence-electron chi connectivity index (χ0n) is 4.96. The summed E-state index contributed by atoms with van der Waals surface area (Å²) in [5.74, 6) is -1.44. The van der Waals surface area contributed by atoms with E-state index in [-0.39, 0.29) is 12.3 Å². The predicted octanol–water partition coefficient (Wildman–Crippen LogP) is -0.399. The summed E-state index contributed by atoms with van der Waals surface area (Å²) in [5.41, 5.74) is 4.59. The number of rotatable bonds is 1. The molecule has 0 saturated heterocycles. The van der Waals surface area contributed by atoms with Crippen molar-refractivity contribution in [2.75, 3.05) is 0 Å². The summed E-state index contributed by atoms with van der Waals surface area (Å²) in [6.45, 7) is 5.77. The number of amides is 1. The third kappa shape index (κ3) is 192. The minimum atomic E-state index is -1.08. The molecule has 0 unspecified atom stereocenters. The molecule has 0 spiro atoms. The van der Waals surface area contributed by atoms with Crippen LogP contribution in [0.4, 0.5) is 0 Å². The molecule has 0 atom stereocenters. The third-order valence-electron chi connectivity index (χ3n) is 0.246. The van der Waals surface area contributed by atoms with Crippen molar-refractivity contribution in [3.05, 3.63) is 13.8 Å². The van der Waals surface area contributed by atoms with Crippen LogP contribution in [-0.4, -0.2) is 17.0 Å². The fourth-order valence-corrected chi connectivity index (χ4v) is 0. The second-order valence-corrected chi connectivity index (χ2v) is 1.11. The minimum absolute atomic E-state index is 0.194. The van der Waals surface area contributed by atoms with Crippen LogP contribution in [-0.2, 0) is 9.59 Å². The predicted molar refractivity (Wildman–Crippen MR) is 32.2 cm³/mol. The Labute approximate surface area is 53.7 Å². The van der Waals surface area contributed by atoms with Crippen LogP contribution < -0.4 is 5.73 Å². The van der Waals surface area contributed by atoms with Crippen LogP contribution in [0, 0.1) is 13.8 Å². The normalized spacial score (nSPS) is 6.89. The van der Waals surface area contributed by atoms with E-state index in [1.54, 1.807) is 0 Å². The average Bonchev–Trinajstić information content (AvgIpc) is 1.65. The number of aliphatic carboxylic acids is 1. The number of primary amides is 1. The van der Waals surface area contributed by atoms with Gasteiger partial charge in [-0.25, -0.2) is 0 Å². The summed E-state index contributed by atoms with van der Waals surface area (Å²) in [6, 6.07) is 0. The van der Waals surface area contributed by atoms with Crippen molar-refractivity contribution in [1.82, 2.24) is 0 Å².